The predicted molar refractivity (Wildman–Crippen MR) is 21.6 cm³/mol. The van der Waals surface area contributed by atoms with Gasteiger partial charge in [-0.3, -0.25) is 6.08 Å². The fourth-order valence-electron chi connectivity index (χ4n) is 0.340. The molecular formula is C5H5Cl3Pt. The van der Waals surface area contributed by atoms with E-state index in [1.165, 1.54) is 0 Å². The number of hydrogen-bond donors (Lipinski definition) is 0. The molecule has 0 bridgehead atoms. The van der Waals surface area contributed by atoms with Crippen LogP contribution in [0, 0.1) is 6.08 Å². The Kier molecular flexibility index (Phi) is 40.0. The van der Waals surface area contributed by atoms with Crippen molar-refractivity contribution in [3.8, 4) is 0 Å². The Morgan fingerprint density at radius 1 is 1.11 bits per heavy atom. The standard InChI is InChI=1S/C5H5.3ClH.Pt/c1-2-4-5-3-1;;;;/h1-3H,4H2;3*1H;/q-1;;;;+4/p-3. The van der Waals surface area contributed by atoms with Crippen molar-refractivity contribution in [2.24, 2.45) is 0 Å². The molecule has 0 unspecified atom stereocenters. The fraction of sp³-hybridized carbons (Fsp3) is 0.200. The Labute approximate surface area is 88.7 Å². The Morgan fingerprint density at radius 3 is 1.78 bits per heavy atom. The van der Waals surface area contributed by atoms with Crippen molar-refractivity contribution in [2.75, 3.05) is 0 Å². The van der Waals surface area contributed by atoms with Gasteiger partial charge in [-0.2, -0.15) is 6.08 Å². The van der Waals surface area contributed by atoms with E-state index in [0.29, 0.717) is 0 Å². The van der Waals surface area contributed by atoms with Crippen LogP contribution in [0.4, 0.5) is 0 Å². The number of rotatable bonds is 0. The topological polar surface area (TPSA) is 0 Å². The molecule has 0 atom stereocenters. The number of hydrogen-bond acceptors (Lipinski definition) is 0. The molecule has 4 heteroatoms. The van der Waals surface area contributed by atoms with Crippen molar-refractivity contribution >= 4 is 0 Å². The maximum Gasteiger partial charge on any atom is 4.00 e. The first-order chi connectivity index (χ1) is 2.50. The van der Waals surface area contributed by atoms with E-state index in [-0.39, 0.29) is 58.3 Å². The van der Waals surface area contributed by atoms with Gasteiger partial charge < -0.3 is 37.2 Å². The van der Waals surface area contributed by atoms with Crippen LogP contribution in [0.5, 0.6) is 0 Å². The molecule has 0 aromatic carbocycles. The molecule has 0 saturated carbocycles. The van der Waals surface area contributed by atoms with E-state index in [2.05, 4.69) is 12.2 Å². The molecule has 0 nitrogen and oxygen atoms in total. The maximum absolute atomic E-state index is 2.99. The Hall–Kier alpha value is 1.04. The van der Waals surface area contributed by atoms with E-state index in [4.69, 9.17) is 0 Å². The molecule has 0 saturated heterocycles. The van der Waals surface area contributed by atoms with E-state index >= 15 is 0 Å². The normalized spacial score (nSPS) is 9.78. The van der Waals surface area contributed by atoms with Crippen LogP contribution in [0.25, 0.3) is 0 Å². The minimum Gasteiger partial charge on any atom is -1.00 e. The molecular weight excluding hydrogens is 361 g/mol. The number of allylic oxidation sites excluding steroid dienone is 4. The summed E-state index contributed by atoms with van der Waals surface area (Å²) in [5, 5.41) is 0. The van der Waals surface area contributed by atoms with E-state index in [0.717, 1.165) is 6.42 Å². The summed E-state index contributed by atoms with van der Waals surface area (Å²) in [7, 11) is 0. The third-order valence-corrected chi connectivity index (χ3v) is 0.586. The minimum atomic E-state index is 0. The van der Waals surface area contributed by atoms with Crippen LogP contribution in [0.1, 0.15) is 6.42 Å². The van der Waals surface area contributed by atoms with Crippen LogP contribution in [0.3, 0.4) is 0 Å². The second-order valence-corrected chi connectivity index (χ2v) is 1.00. The Balaban J connectivity index is -0.0000000312. The average Bonchev–Trinajstić information content (AvgIpc) is 1.76. The SMILES string of the molecule is [C-]1=CC=CC1.[Cl-].[Cl-].[Cl-].[Pt+4]. The monoisotopic (exact) mass is 365 g/mol. The van der Waals surface area contributed by atoms with Gasteiger partial charge in [-0.15, -0.1) is 6.42 Å². The molecule has 0 spiro atoms. The van der Waals surface area contributed by atoms with E-state index < -0.39 is 0 Å². The summed E-state index contributed by atoms with van der Waals surface area (Å²) in [5.41, 5.74) is 0. The second kappa shape index (κ2) is 16.0. The molecule has 9 heavy (non-hydrogen) atoms. The van der Waals surface area contributed by atoms with Gasteiger partial charge in [0.05, 0.1) is 0 Å². The van der Waals surface area contributed by atoms with Crippen LogP contribution in [0.2, 0.25) is 0 Å². The summed E-state index contributed by atoms with van der Waals surface area (Å²) in [4.78, 5) is 0. The maximum atomic E-state index is 2.99. The van der Waals surface area contributed by atoms with Crippen LogP contribution < -0.4 is 37.2 Å². The first kappa shape index (κ1) is 22.5. The predicted octanol–water partition coefficient (Wildman–Crippen LogP) is -7.68. The molecule has 0 aromatic heterocycles. The molecule has 0 aliphatic heterocycles. The second-order valence-electron chi connectivity index (χ2n) is 1.00. The first-order valence-corrected chi connectivity index (χ1v) is 1.72. The van der Waals surface area contributed by atoms with Gasteiger partial charge >= 0.3 is 21.1 Å². The molecule has 1 rings (SSSR count). The van der Waals surface area contributed by atoms with Gasteiger partial charge in [-0.05, 0) is 0 Å². The molecule has 0 heterocycles. The zero-order chi connectivity index (χ0) is 3.54. The minimum absolute atomic E-state index is 0. The van der Waals surface area contributed by atoms with Gasteiger partial charge in [0.25, 0.3) is 0 Å². The van der Waals surface area contributed by atoms with E-state index in [9.17, 15) is 0 Å². The van der Waals surface area contributed by atoms with Crippen LogP contribution in [-0.4, -0.2) is 0 Å². The van der Waals surface area contributed by atoms with Crippen molar-refractivity contribution in [3.63, 3.8) is 0 Å². The summed E-state index contributed by atoms with van der Waals surface area (Å²) in [6.45, 7) is 0. The van der Waals surface area contributed by atoms with Crippen LogP contribution in [0.15, 0.2) is 18.2 Å². The molecule has 0 amide bonds. The van der Waals surface area contributed by atoms with Crippen molar-refractivity contribution < 1.29 is 58.3 Å². The molecule has 56 valence electrons. The molecule has 0 N–H and O–H groups in total. The van der Waals surface area contributed by atoms with Crippen molar-refractivity contribution in [3.05, 3.63) is 24.3 Å². The quantitative estimate of drug-likeness (QED) is 0.374. The Morgan fingerprint density at radius 2 is 1.67 bits per heavy atom. The van der Waals surface area contributed by atoms with Crippen LogP contribution in [-0.2, 0) is 21.1 Å². The largest absolute Gasteiger partial charge is 4.00 e. The smallest absolute Gasteiger partial charge is 1.00 e. The molecule has 0 fully saturated rings. The first-order valence-electron chi connectivity index (χ1n) is 1.72. The van der Waals surface area contributed by atoms with Gasteiger partial charge in [0.1, 0.15) is 0 Å². The zero-order valence-electron chi connectivity index (χ0n) is 4.39. The summed E-state index contributed by atoms with van der Waals surface area (Å²) in [6, 6.07) is 0. The summed E-state index contributed by atoms with van der Waals surface area (Å²) in [6.07, 6.45) is 10.0. The number of halogens is 3. The van der Waals surface area contributed by atoms with Gasteiger partial charge in [-0.25, -0.2) is 12.2 Å². The van der Waals surface area contributed by atoms with Gasteiger partial charge in [0, 0.05) is 0 Å². The fourth-order valence-corrected chi connectivity index (χ4v) is 0.340. The van der Waals surface area contributed by atoms with E-state index in [1.54, 1.807) is 0 Å². The summed E-state index contributed by atoms with van der Waals surface area (Å²) >= 11 is 0. The van der Waals surface area contributed by atoms with Crippen molar-refractivity contribution in [1.29, 1.82) is 0 Å². The van der Waals surface area contributed by atoms with Gasteiger partial charge in [-0.1, -0.05) is 0 Å². The van der Waals surface area contributed by atoms with Gasteiger partial charge in [0.2, 0.25) is 0 Å². The van der Waals surface area contributed by atoms with Crippen molar-refractivity contribution in [2.45, 2.75) is 6.42 Å². The van der Waals surface area contributed by atoms with Gasteiger partial charge in [0.15, 0.2) is 0 Å². The third kappa shape index (κ3) is 12.3. The summed E-state index contributed by atoms with van der Waals surface area (Å²) in [5.74, 6) is 0. The third-order valence-electron chi connectivity index (χ3n) is 0.586. The molecule has 0 radical (unpaired) electrons. The summed E-state index contributed by atoms with van der Waals surface area (Å²) < 4.78 is 0. The van der Waals surface area contributed by atoms with Crippen LogP contribution >= 0.6 is 0 Å². The molecule has 0 aromatic rings. The average molecular weight is 367 g/mol. The zero-order valence-corrected chi connectivity index (χ0v) is 8.93. The van der Waals surface area contributed by atoms with Crippen molar-refractivity contribution in [1.82, 2.24) is 0 Å². The molecule has 1 aliphatic rings. The molecule has 1 aliphatic carbocycles. The Bertz CT molecular complexity index is 70.3. The van der Waals surface area contributed by atoms with E-state index in [1.807, 2.05) is 12.2 Å².